The van der Waals surface area contributed by atoms with Gasteiger partial charge in [-0.2, -0.15) is 0 Å². The van der Waals surface area contributed by atoms with E-state index in [0.29, 0.717) is 26.0 Å². The summed E-state index contributed by atoms with van der Waals surface area (Å²) in [5.41, 5.74) is 0.618. The number of nitrogens with zero attached hydrogens (tertiary/aromatic N) is 1. The number of halogens is 3. The fourth-order valence-corrected chi connectivity index (χ4v) is 2.07. The third-order valence-corrected chi connectivity index (χ3v) is 3.87. The molecular formula is C12H9Br2FN2O2. The van der Waals surface area contributed by atoms with Gasteiger partial charge in [0.2, 0.25) is 0 Å². The van der Waals surface area contributed by atoms with Crippen LogP contribution in [0.25, 0.3) is 11.4 Å². The van der Waals surface area contributed by atoms with Gasteiger partial charge in [-0.1, -0.05) is 0 Å². The predicted molar refractivity (Wildman–Crippen MR) is 76.4 cm³/mol. The first-order valence-corrected chi connectivity index (χ1v) is 6.84. The zero-order valence-electron chi connectivity index (χ0n) is 9.84. The van der Waals surface area contributed by atoms with Gasteiger partial charge in [0.05, 0.1) is 16.8 Å². The summed E-state index contributed by atoms with van der Waals surface area (Å²) in [6.45, 7) is 0.191. The third-order valence-electron chi connectivity index (χ3n) is 2.41. The summed E-state index contributed by atoms with van der Waals surface area (Å²) in [5.74, 6) is -0.122. The van der Waals surface area contributed by atoms with Gasteiger partial charge in [0, 0.05) is 12.7 Å². The molecule has 0 aliphatic carbocycles. The standard InChI is InChI=1S/C12H9Br2FN2O2/c1-19-5-9-10(14)12(18)17-11(16-9)6-2-3-7(13)8(15)4-6/h2-4H,5H2,1H3,(H,16,17,18). The van der Waals surface area contributed by atoms with Gasteiger partial charge in [-0.05, 0) is 50.1 Å². The Hall–Kier alpha value is -1.05. The number of methoxy groups -OCH3 is 1. The molecule has 1 aromatic heterocycles. The molecule has 2 aromatic rings. The Labute approximate surface area is 125 Å². The van der Waals surface area contributed by atoms with Crippen LogP contribution < -0.4 is 5.56 Å². The Kier molecular flexibility index (Phi) is 4.49. The fourth-order valence-electron chi connectivity index (χ4n) is 1.52. The van der Waals surface area contributed by atoms with Gasteiger partial charge in [-0.25, -0.2) is 9.37 Å². The highest BCUT2D eigenvalue weighted by atomic mass is 79.9. The van der Waals surface area contributed by atoms with Crippen LogP contribution in [0.3, 0.4) is 0 Å². The lowest BCUT2D eigenvalue weighted by Gasteiger charge is -2.06. The van der Waals surface area contributed by atoms with Crippen LogP contribution in [0.5, 0.6) is 0 Å². The quantitative estimate of drug-likeness (QED) is 0.873. The maximum atomic E-state index is 13.5. The van der Waals surface area contributed by atoms with Gasteiger partial charge in [0.1, 0.15) is 16.1 Å². The first-order valence-electron chi connectivity index (χ1n) is 5.26. The van der Waals surface area contributed by atoms with E-state index in [0.717, 1.165) is 0 Å². The van der Waals surface area contributed by atoms with E-state index in [-0.39, 0.29) is 12.2 Å². The molecule has 1 N–H and O–H groups in total. The number of aromatic amines is 1. The molecule has 0 radical (unpaired) electrons. The van der Waals surface area contributed by atoms with Crippen molar-refractivity contribution in [3.05, 3.63) is 49.0 Å². The SMILES string of the molecule is COCc1nc(-c2ccc(Br)c(F)c2)[nH]c(=O)c1Br. The second-order valence-corrected chi connectivity index (χ2v) is 5.38. The lowest BCUT2D eigenvalue weighted by atomic mass is 10.2. The number of H-pyrrole nitrogens is 1. The number of hydrogen-bond acceptors (Lipinski definition) is 3. The van der Waals surface area contributed by atoms with Crippen molar-refractivity contribution < 1.29 is 9.13 Å². The highest BCUT2D eigenvalue weighted by Crippen LogP contribution is 2.22. The van der Waals surface area contributed by atoms with Crippen LogP contribution in [0.1, 0.15) is 5.69 Å². The van der Waals surface area contributed by atoms with Crippen molar-refractivity contribution in [2.75, 3.05) is 7.11 Å². The van der Waals surface area contributed by atoms with E-state index in [1.807, 2.05) is 0 Å². The Balaban J connectivity index is 2.56. The first kappa shape index (κ1) is 14.4. The first-order chi connectivity index (χ1) is 9.02. The second kappa shape index (κ2) is 5.94. The van der Waals surface area contributed by atoms with Crippen molar-refractivity contribution in [1.82, 2.24) is 9.97 Å². The molecule has 0 spiro atoms. The van der Waals surface area contributed by atoms with E-state index in [4.69, 9.17) is 4.74 Å². The summed E-state index contributed by atoms with van der Waals surface area (Å²) in [6, 6.07) is 4.52. The van der Waals surface area contributed by atoms with Gasteiger partial charge in [0.25, 0.3) is 5.56 Å². The number of nitrogens with one attached hydrogen (secondary N) is 1. The zero-order chi connectivity index (χ0) is 14.0. The summed E-state index contributed by atoms with van der Waals surface area (Å²) >= 11 is 6.22. The maximum absolute atomic E-state index is 13.5. The molecule has 0 unspecified atom stereocenters. The van der Waals surface area contributed by atoms with Crippen LogP contribution in [-0.4, -0.2) is 17.1 Å². The Morgan fingerprint density at radius 1 is 1.42 bits per heavy atom. The molecule has 0 amide bonds. The molecule has 100 valence electrons. The van der Waals surface area contributed by atoms with Crippen molar-refractivity contribution in [2.45, 2.75) is 6.61 Å². The smallest absolute Gasteiger partial charge is 0.265 e. The van der Waals surface area contributed by atoms with E-state index in [1.165, 1.54) is 13.2 Å². The molecule has 4 nitrogen and oxygen atoms in total. The van der Waals surface area contributed by atoms with E-state index in [2.05, 4.69) is 41.8 Å². The predicted octanol–water partition coefficient (Wildman–Crippen LogP) is 3.25. The van der Waals surface area contributed by atoms with Gasteiger partial charge in [-0.3, -0.25) is 4.79 Å². The molecule has 0 atom stereocenters. The van der Waals surface area contributed by atoms with Crippen LogP contribution in [0, 0.1) is 5.82 Å². The Morgan fingerprint density at radius 2 is 2.16 bits per heavy atom. The summed E-state index contributed by atoms with van der Waals surface area (Å²) in [7, 11) is 1.51. The lowest BCUT2D eigenvalue weighted by Crippen LogP contribution is -2.14. The minimum Gasteiger partial charge on any atom is -0.378 e. The third kappa shape index (κ3) is 3.10. The minimum absolute atomic E-state index is 0.191. The van der Waals surface area contributed by atoms with Crippen LogP contribution in [0.4, 0.5) is 4.39 Å². The van der Waals surface area contributed by atoms with Crippen LogP contribution >= 0.6 is 31.9 Å². The van der Waals surface area contributed by atoms with Crippen molar-refractivity contribution >= 4 is 31.9 Å². The second-order valence-electron chi connectivity index (χ2n) is 3.74. The molecule has 1 aromatic carbocycles. The van der Waals surface area contributed by atoms with E-state index >= 15 is 0 Å². The molecule has 1 heterocycles. The largest absolute Gasteiger partial charge is 0.378 e. The molecule has 0 aliphatic rings. The minimum atomic E-state index is -0.420. The number of rotatable bonds is 3. The average Bonchev–Trinajstić information content (AvgIpc) is 2.38. The monoisotopic (exact) mass is 390 g/mol. The van der Waals surface area contributed by atoms with Gasteiger partial charge >= 0.3 is 0 Å². The molecule has 0 saturated heterocycles. The number of aromatic nitrogens is 2. The van der Waals surface area contributed by atoms with E-state index < -0.39 is 5.82 Å². The maximum Gasteiger partial charge on any atom is 0.265 e. The molecule has 0 aliphatic heterocycles. The number of ether oxygens (including phenoxy) is 1. The summed E-state index contributed by atoms with van der Waals surface area (Å²) in [6.07, 6.45) is 0. The molecule has 0 bridgehead atoms. The molecule has 0 fully saturated rings. The van der Waals surface area contributed by atoms with Crippen molar-refractivity contribution in [1.29, 1.82) is 0 Å². The Morgan fingerprint density at radius 3 is 2.79 bits per heavy atom. The van der Waals surface area contributed by atoms with Crippen molar-refractivity contribution in [3.63, 3.8) is 0 Å². The van der Waals surface area contributed by atoms with E-state index in [1.54, 1.807) is 12.1 Å². The highest BCUT2D eigenvalue weighted by molar-refractivity contribution is 9.10. The number of hydrogen-bond donors (Lipinski definition) is 1. The fraction of sp³-hybridized carbons (Fsp3) is 0.167. The summed E-state index contributed by atoms with van der Waals surface area (Å²) in [5, 5.41) is 0. The van der Waals surface area contributed by atoms with Crippen LogP contribution in [0.2, 0.25) is 0 Å². The summed E-state index contributed by atoms with van der Waals surface area (Å²) in [4.78, 5) is 18.6. The van der Waals surface area contributed by atoms with Gasteiger partial charge < -0.3 is 9.72 Å². The topological polar surface area (TPSA) is 55.0 Å². The molecule has 19 heavy (non-hydrogen) atoms. The highest BCUT2D eigenvalue weighted by Gasteiger charge is 2.11. The summed E-state index contributed by atoms with van der Waals surface area (Å²) < 4.78 is 19.1. The molecule has 2 rings (SSSR count). The lowest BCUT2D eigenvalue weighted by molar-refractivity contribution is 0.180. The van der Waals surface area contributed by atoms with E-state index in [9.17, 15) is 9.18 Å². The normalized spacial score (nSPS) is 10.7. The van der Waals surface area contributed by atoms with Gasteiger partial charge in [-0.15, -0.1) is 0 Å². The van der Waals surface area contributed by atoms with Crippen LogP contribution in [0.15, 0.2) is 31.9 Å². The van der Waals surface area contributed by atoms with Gasteiger partial charge in [0.15, 0.2) is 0 Å². The van der Waals surface area contributed by atoms with Crippen LogP contribution in [-0.2, 0) is 11.3 Å². The molecular weight excluding hydrogens is 383 g/mol. The zero-order valence-corrected chi connectivity index (χ0v) is 13.0. The van der Waals surface area contributed by atoms with Crippen molar-refractivity contribution in [2.24, 2.45) is 0 Å². The Bertz CT molecular complexity index is 673. The average molecular weight is 392 g/mol. The molecule has 7 heteroatoms. The molecule has 0 saturated carbocycles. The number of benzene rings is 1. The van der Waals surface area contributed by atoms with Crippen molar-refractivity contribution in [3.8, 4) is 11.4 Å².